The van der Waals surface area contributed by atoms with Crippen LogP contribution in [0, 0.1) is 13.8 Å². The molecule has 0 saturated carbocycles. The monoisotopic (exact) mass is 600 g/mol. The zero-order valence-corrected chi connectivity index (χ0v) is 25.2. The third-order valence-corrected chi connectivity index (χ3v) is 8.35. The lowest BCUT2D eigenvalue weighted by Gasteiger charge is -2.12. The molecule has 3 heterocycles. The lowest BCUT2D eigenvalue weighted by Crippen LogP contribution is -2.30. The van der Waals surface area contributed by atoms with Gasteiger partial charge in [-0.1, -0.05) is 102 Å². The van der Waals surface area contributed by atoms with Gasteiger partial charge in [0, 0.05) is 33.0 Å². The number of rotatable bonds is 5. The topological polar surface area (TPSA) is 94.2 Å². The number of carbonyl (C=O) groups is 1. The molecule has 0 spiro atoms. The summed E-state index contributed by atoms with van der Waals surface area (Å²) in [6.07, 6.45) is 0. The summed E-state index contributed by atoms with van der Waals surface area (Å²) in [6, 6.07) is 37.3. The smallest absolute Gasteiger partial charge is 0.275 e. The van der Waals surface area contributed by atoms with Crippen LogP contribution in [0.25, 0.3) is 60.7 Å². The first-order valence-electron chi connectivity index (χ1n) is 15.1. The van der Waals surface area contributed by atoms with Gasteiger partial charge in [0.1, 0.15) is 6.54 Å². The normalized spacial score (nSPS) is 11.5. The summed E-state index contributed by atoms with van der Waals surface area (Å²) in [5.41, 5.74) is 8.18. The van der Waals surface area contributed by atoms with E-state index in [-0.39, 0.29) is 18.0 Å². The average molecular weight is 601 g/mol. The number of aromatic nitrogens is 5. The maximum absolute atomic E-state index is 13.4. The third kappa shape index (κ3) is 4.68. The average Bonchev–Trinajstić information content (AvgIpc) is 3.45. The van der Waals surface area contributed by atoms with Crippen molar-refractivity contribution in [1.82, 2.24) is 24.4 Å². The number of hydrogen-bond donors (Lipinski definition) is 1. The van der Waals surface area contributed by atoms with Crippen molar-refractivity contribution in [2.45, 2.75) is 20.4 Å². The van der Waals surface area contributed by atoms with E-state index < -0.39 is 0 Å². The summed E-state index contributed by atoms with van der Waals surface area (Å²) >= 11 is 0. The Labute approximate surface area is 263 Å². The van der Waals surface area contributed by atoms with Crippen molar-refractivity contribution in [2.75, 3.05) is 5.32 Å². The Hall–Kier alpha value is -6.15. The molecule has 0 saturated heterocycles. The fourth-order valence-corrected chi connectivity index (χ4v) is 5.98. The van der Waals surface area contributed by atoms with E-state index in [1.165, 1.54) is 10.2 Å². The van der Waals surface area contributed by atoms with Crippen molar-refractivity contribution < 1.29 is 4.79 Å². The molecule has 46 heavy (non-hydrogen) atoms. The minimum absolute atomic E-state index is 0.242. The van der Waals surface area contributed by atoms with Crippen LogP contribution in [0.15, 0.2) is 120 Å². The Kier molecular flexibility index (Phi) is 6.42. The summed E-state index contributed by atoms with van der Waals surface area (Å²) in [7, 11) is 0. The van der Waals surface area contributed by atoms with Gasteiger partial charge in [0.15, 0.2) is 5.65 Å². The van der Waals surface area contributed by atoms with E-state index in [1.54, 1.807) is 6.07 Å². The fourth-order valence-electron chi connectivity index (χ4n) is 5.98. The largest absolute Gasteiger partial charge is 0.324 e. The zero-order valence-electron chi connectivity index (χ0n) is 25.2. The molecule has 5 aromatic carbocycles. The van der Waals surface area contributed by atoms with Crippen molar-refractivity contribution in [3.63, 3.8) is 0 Å². The molecule has 0 unspecified atom stereocenters. The van der Waals surface area contributed by atoms with E-state index in [0.29, 0.717) is 16.8 Å². The fraction of sp³-hybridized carbons (Fsp3) is 0.0789. The molecule has 1 N–H and O–H groups in total. The second-order valence-electron chi connectivity index (χ2n) is 11.6. The zero-order chi connectivity index (χ0) is 31.4. The van der Waals surface area contributed by atoms with E-state index >= 15 is 0 Å². The van der Waals surface area contributed by atoms with Gasteiger partial charge in [0.05, 0.1) is 27.8 Å². The van der Waals surface area contributed by atoms with E-state index in [1.807, 2.05) is 84.2 Å². The number of nitrogens with one attached hydrogen (secondary N) is 1. The molecule has 8 heteroatoms. The molecule has 0 aliphatic rings. The van der Waals surface area contributed by atoms with Crippen LogP contribution < -0.4 is 10.9 Å². The summed E-state index contributed by atoms with van der Waals surface area (Å²) in [4.78, 5) is 31.7. The first-order valence-corrected chi connectivity index (χ1v) is 15.1. The second-order valence-corrected chi connectivity index (χ2v) is 11.6. The van der Waals surface area contributed by atoms with Crippen LogP contribution in [-0.2, 0) is 11.3 Å². The number of imidazole rings is 1. The molecule has 0 fully saturated rings. The van der Waals surface area contributed by atoms with E-state index in [2.05, 4.69) is 53.7 Å². The van der Waals surface area contributed by atoms with Crippen LogP contribution in [0.4, 0.5) is 5.69 Å². The van der Waals surface area contributed by atoms with Gasteiger partial charge in [0.2, 0.25) is 5.91 Å². The highest BCUT2D eigenvalue weighted by atomic mass is 16.2. The highest BCUT2D eigenvalue weighted by molar-refractivity contribution is 6.04. The molecule has 3 aromatic heterocycles. The number of carbonyl (C=O) groups excluding carboxylic acids is 1. The van der Waals surface area contributed by atoms with E-state index in [4.69, 9.17) is 10.1 Å². The van der Waals surface area contributed by atoms with Gasteiger partial charge in [0.25, 0.3) is 5.56 Å². The van der Waals surface area contributed by atoms with Gasteiger partial charge in [-0.05, 0) is 38.1 Å². The molecule has 8 aromatic rings. The summed E-state index contributed by atoms with van der Waals surface area (Å²) in [5, 5.41) is 15.9. The highest BCUT2D eigenvalue weighted by Gasteiger charge is 2.17. The number of hydrogen-bond acceptors (Lipinski definition) is 5. The maximum Gasteiger partial charge on any atom is 0.275 e. The molecule has 0 atom stereocenters. The Morgan fingerprint density at radius 1 is 0.674 bits per heavy atom. The lowest BCUT2D eigenvalue weighted by molar-refractivity contribution is -0.117. The van der Waals surface area contributed by atoms with E-state index in [0.717, 1.165) is 55.2 Å². The van der Waals surface area contributed by atoms with Gasteiger partial charge in [-0.25, -0.2) is 14.2 Å². The molecule has 222 valence electrons. The van der Waals surface area contributed by atoms with E-state index in [9.17, 15) is 9.59 Å². The Balaban J connectivity index is 1.17. The molecule has 8 rings (SSSR count). The number of anilines is 1. The number of amides is 1. The van der Waals surface area contributed by atoms with Gasteiger partial charge in [-0.2, -0.15) is 10.2 Å². The van der Waals surface area contributed by atoms with Gasteiger partial charge in [-0.3, -0.25) is 9.59 Å². The predicted octanol–water partition coefficient (Wildman–Crippen LogP) is 7.34. The van der Waals surface area contributed by atoms with Crippen LogP contribution in [0.5, 0.6) is 0 Å². The second kappa shape index (κ2) is 10.8. The minimum Gasteiger partial charge on any atom is -0.324 e. The van der Waals surface area contributed by atoms with Crippen LogP contribution in [0.2, 0.25) is 0 Å². The maximum atomic E-state index is 13.4. The first kappa shape index (κ1) is 27.4. The predicted molar refractivity (Wildman–Crippen MR) is 183 cm³/mol. The van der Waals surface area contributed by atoms with Gasteiger partial charge >= 0.3 is 0 Å². The number of benzene rings is 5. The van der Waals surface area contributed by atoms with Crippen molar-refractivity contribution in [2.24, 2.45) is 0 Å². The van der Waals surface area contributed by atoms with Crippen molar-refractivity contribution in [3.05, 3.63) is 137 Å². The molecular formula is C38H28N6O2. The van der Waals surface area contributed by atoms with Gasteiger partial charge < -0.3 is 5.32 Å². The molecular weight excluding hydrogens is 572 g/mol. The molecule has 0 radical (unpaired) electrons. The standard InChI is InChI=1S/C38H28N6O2/c1-23-11-15-25(16-12-23)35-29-8-4-6-10-31(29)38(46)43(41-35)22-34(45)39-27-19-20-32-33(21-27)44-37(40-32)30-9-5-3-7-28(30)36(42-44)26-17-13-24(2)14-18-26/h3-21H,22H2,1-2H3,(H,39,45). The highest BCUT2D eigenvalue weighted by Crippen LogP contribution is 2.32. The molecule has 8 nitrogen and oxygen atoms in total. The SMILES string of the molecule is Cc1ccc(-c2nn(CC(=O)Nc3ccc4nc5c6ccccc6c(-c6ccc(C)cc6)nn5c4c3)c(=O)c3ccccc23)cc1. The van der Waals surface area contributed by atoms with Crippen LogP contribution >= 0.6 is 0 Å². The number of fused-ring (bicyclic) bond motifs is 6. The summed E-state index contributed by atoms with van der Waals surface area (Å²) < 4.78 is 3.08. The van der Waals surface area contributed by atoms with Crippen LogP contribution in [0.3, 0.4) is 0 Å². The quantitative estimate of drug-likeness (QED) is 0.223. The third-order valence-electron chi connectivity index (χ3n) is 8.35. The summed E-state index contributed by atoms with van der Waals surface area (Å²) in [6.45, 7) is 3.84. The van der Waals surface area contributed by atoms with Crippen molar-refractivity contribution in [3.8, 4) is 22.5 Å². The van der Waals surface area contributed by atoms with Crippen LogP contribution in [-0.4, -0.2) is 30.3 Å². The Morgan fingerprint density at radius 3 is 1.89 bits per heavy atom. The Bertz CT molecular complexity index is 2530. The first-order chi connectivity index (χ1) is 22.4. The summed E-state index contributed by atoms with van der Waals surface area (Å²) in [5.74, 6) is -0.369. The van der Waals surface area contributed by atoms with Crippen molar-refractivity contribution in [1.29, 1.82) is 0 Å². The van der Waals surface area contributed by atoms with Crippen molar-refractivity contribution >= 4 is 49.8 Å². The molecule has 0 aliphatic carbocycles. The van der Waals surface area contributed by atoms with Crippen LogP contribution in [0.1, 0.15) is 11.1 Å². The minimum atomic E-state index is -0.369. The number of nitrogens with zero attached hydrogens (tertiary/aromatic N) is 5. The lowest BCUT2D eigenvalue weighted by atomic mass is 10.0. The molecule has 1 amide bonds. The molecule has 0 aliphatic heterocycles. The van der Waals surface area contributed by atoms with Gasteiger partial charge in [-0.15, -0.1) is 0 Å². The number of aryl methyl sites for hydroxylation is 2. The Morgan fingerprint density at radius 2 is 1.24 bits per heavy atom. The molecule has 0 bridgehead atoms.